The van der Waals surface area contributed by atoms with E-state index in [-0.39, 0.29) is 12.7 Å². The summed E-state index contributed by atoms with van der Waals surface area (Å²) in [6, 6.07) is 11.8. The average Bonchev–Trinajstić information content (AvgIpc) is 2.81. The van der Waals surface area contributed by atoms with Crippen LogP contribution < -0.4 is 0 Å². The van der Waals surface area contributed by atoms with Gasteiger partial charge in [0.2, 0.25) is 0 Å². The summed E-state index contributed by atoms with van der Waals surface area (Å²) in [6.45, 7) is 3.20. The maximum absolute atomic E-state index is 11.8. The summed E-state index contributed by atoms with van der Waals surface area (Å²) in [7, 11) is 0. The van der Waals surface area contributed by atoms with Crippen molar-refractivity contribution < 1.29 is 9.53 Å². The molecule has 0 aromatic heterocycles. The number of likely N-dealkylation sites (tertiary alicyclic amines) is 1. The smallest absolute Gasteiger partial charge is 0.410 e. The molecule has 1 aliphatic rings. The fraction of sp³-hybridized carbons (Fsp3) is 0.429. The summed E-state index contributed by atoms with van der Waals surface area (Å²) in [5, 5.41) is 9.00. The van der Waals surface area contributed by atoms with Gasteiger partial charge in [-0.2, -0.15) is 5.26 Å². The Morgan fingerprint density at radius 1 is 1.50 bits per heavy atom. The van der Waals surface area contributed by atoms with Crippen molar-refractivity contribution in [2.75, 3.05) is 13.1 Å². The van der Waals surface area contributed by atoms with E-state index in [1.165, 1.54) is 0 Å². The van der Waals surface area contributed by atoms with Crippen LogP contribution in [-0.4, -0.2) is 24.1 Å². The fourth-order valence-corrected chi connectivity index (χ4v) is 2.02. The Kier molecular flexibility index (Phi) is 3.52. The highest BCUT2D eigenvalue weighted by Crippen LogP contribution is 2.29. The van der Waals surface area contributed by atoms with E-state index in [1.807, 2.05) is 37.3 Å². The summed E-state index contributed by atoms with van der Waals surface area (Å²) < 4.78 is 5.23. The molecule has 0 radical (unpaired) electrons. The van der Waals surface area contributed by atoms with Gasteiger partial charge in [0.1, 0.15) is 6.61 Å². The number of hydrogen-bond donors (Lipinski definition) is 0. The van der Waals surface area contributed by atoms with Crippen molar-refractivity contribution in [3.63, 3.8) is 0 Å². The van der Waals surface area contributed by atoms with Crippen LogP contribution in [0.15, 0.2) is 30.3 Å². The standard InChI is InChI=1S/C14H16N2O2/c1-14(10-15)7-8-16(11-14)13(17)18-9-12-5-3-2-4-6-12/h2-6H,7-9,11H2,1H3/t14-/m0/s1. The van der Waals surface area contributed by atoms with Crippen molar-refractivity contribution in [3.8, 4) is 6.07 Å². The van der Waals surface area contributed by atoms with Crippen molar-refractivity contribution >= 4 is 6.09 Å². The van der Waals surface area contributed by atoms with Crippen molar-refractivity contribution in [2.24, 2.45) is 5.41 Å². The van der Waals surface area contributed by atoms with Crippen molar-refractivity contribution in [1.29, 1.82) is 5.26 Å². The van der Waals surface area contributed by atoms with Crippen LogP contribution in [0, 0.1) is 16.7 Å². The van der Waals surface area contributed by atoms with Gasteiger partial charge in [-0.1, -0.05) is 30.3 Å². The number of ether oxygens (including phenoxy) is 1. The first kappa shape index (κ1) is 12.4. The Bertz CT molecular complexity index is 466. The van der Waals surface area contributed by atoms with Crippen LogP contribution in [0.4, 0.5) is 4.79 Å². The van der Waals surface area contributed by atoms with Crippen LogP contribution in [0.3, 0.4) is 0 Å². The lowest BCUT2D eigenvalue weighted by Gasteiger charge is -2.17. The molecular weight excluding hydrogens is 228 g/mol. The Labute approximate surface area is 107 Å². The molecular formula is C14H16N2O2. The number of nitrogens with zero attached hydrogens (tertiary/aromatic N) is 2. The molecule has 0 unspecified atom stereocenters. The number of carbonyl (C=O) groups excluding carboxylic acids is 1. The molecule has 1 saturated heterocycles. The maximum Gasteiger partial charge on any atom is 0.410 e. The molecule has 1 atom stereocenters. The monoisotopic (exact) mass is 244 g/mol. The van der Waals surface area contributed by atoms with Crippen LogP contribution >= 0.6 is 0 Å². The van der Waals surface area contributed by atoms with Gasteiger partial charge in [0.05, 0.1) is 11.5 Å². The maximum atomic E-state index is 11.8. The molecule has 1 fully saturated rings. The van der Waals surface area contributed by atoms with Gasteiger partial charge in [-0.05, 0) is 18.9 Å². The Morgan fingerprint density at radius 3 is 2.83 bits per heavy atom. The van der Waals surface area contributed by atoms with E-state index in [9.17, 15) is 4.79 Å². The summed E-state index contributed by atoms with van der Waals surface area (Å²) in [4.78, 5) is 13.4. The predicted molar refractivity (Wildman–Crippen MR) is 66.5 cm³/mol. The molecule has 94 valence electrons. The van der Waals surface area contributed by atoms with Gasteiger partial charge in [0.15, 0.2) is 0 Å². The summed E-state index contributed by atoms with van der Waals surface area (Å²) in [5.41, 5.74) is 0.541. The van der Waals surface area contributed by atoms with Crippen LogP contribution in [0.5, 0.6) is 0 Å². The number of carbonyl (C=O) groups is 1. The molecule has 4 heteroatoms. The fourth-order valence-electron chi connectivity index (χ4n) is 2.02. The molecule has 0 aliphatic carbocycles. The molecule has 1 amide bonds. The first-order chi connectivity index (χ1) is 8.63. The van der Waals surface area contributed by atoms with E-state index < -0.39 is 5.41 Å². The van der Waals surface area contributed by atoms with Gasteiger partial charge in [-0.25, -0.2) is 4.79 Å². The van der Waals surface area contributed by atoms with E-state index in [0.717, 1.165) is 5.56 Å². The summed E-state index contributed by atoms with van der Waals surface area (Å²) >= 11 is 0. The SMILES string of the molecule is C[C@@]1(C#N)CCN(C(=O)OCc2ccccc2)C1. The quantitative estimate of drug-likeness (QED) is 0.803. The first-order valence-electron chi connectivity index (χ1n) is 6.00. The van der Waals surface area contributed by atoms with Crippen molar-refractivity contribution in [2.45, 2.75) is 20.0 Å². The highest BCUT2D eigenvalue weighted by molar-refractivity contribution is 5.68. The predicted octanol–water partition coefficient (Wildman–Crippen LogP) is 2.56. The molecule has 1 aliphatic heterocycles. The van der Waals surface area contributed by atoms with E-state index in [2.05, 4.69) is 6.07 Å². The molecule has 1 aromatic carbocycles. The topological polar surface area (TPSA) is 53.3 Å². The zero-order valence-electron chi connectivity index (χ0n) is 10.4. The normalized spacial score (nSPS) is 22.6. The highest BCUT2D eigenvalue weighted by Gasteiger charge is 2.36. The zero-order valence-corrected chi connectivity index (χ0v) is 10.4. The Hall–Kier alpha value is -2.02. The molecule has 2 rings (SSSR count). The third kappa shape index (κ3) is 2.80. The molecule has 0 N–H and O–H groups in total. The lowest BCUT2D eigenvalue weighted by Crippen LogP contribution is -2.31. The molecule has 4 nitrogen and oxygen atoms in total. The minimum absolute atomic E-state index is 0.277. The Morgan fingerprint density at radius 2 is 2.22 bits per heavy atom. The van der Waals surface area contributed by atoms with Crippen molar-refractivity contribution in [1.82, 2.24) is 4.90 Å². The van der Waals surface area contributed by atoms with Gasteiger partial charge in [0.25, 0.3) is 0 Å². The molecule has 0 saturated carbocycles. The number of rotatable bonds is 2. The van der Waals surface area contributed by atoms with Crippen LogP contribution in [-0.2, 0) is 11.3 Å². The van der Waals surface area contributed by atoms with E-state index in [1.54, 1.807) is 4.90 Å². The van der Waals surface area contributed by atoms with Crippen LogP contribution in [0.2, 0.25) is 0 Å². The summed E-state index contributed by atoms with van der Waals surface area (Å²) in [5.74, 6) is 0. The van der Waals surface area contributed by atoms with E-state index >= 15 is 0 Å². The molecule has 0 bridgehead atoms. The second-order valence-corrected chi connectivity index (χ2v) is 4.88. The number of nitriles is 1. The van der Waals surface area contributed by atoms with Gasteiger partial charge in [0, 0.05) is 13.1 Å². The highest BCUT2D eigenvalue weighted by atomic mass is 16.6. The van der Waals surface area contributed by atoms with Gasteiger partial charge >= 0.3 is 6.09 Å². The third-order valence-corrected chi connectivity index (χ3v) is 3.21. The van der Waals surface area contributed by atoms with Gasteiger partial charge < -0.3 is 9.64 Å². The molecule has 18 heavy (non-hydrogen) atoms. The van der Waals surface area contributed by atoms with E-state index in [4.69, 9.17) is 10.00 Å². The first-order valence-corrected chi connectivity index (χ1v) is 6.00. The van der Waals surface area contributed by atoms with E-state index in [0.29, 0.717) is 19.5 Å². The summed E-state index contributed by atoms with van der Waals surface area (Å²) in [6.07, 6.45) is 0.377. The minimum Gasteiger partial charge on any atom is -0.445 e. The second-order valence-electron chi connectivity index (χ2n) is 4.88. The largest absolute Gasteiger partial charge is 0.445 e. The zero-order chi connectivity index (χ0) is 13.0. The number of amides is 1. The molecule has 1 heterocycles. The van der Waals surface area contributed by atoms with Crippen LogP contribution in [0.25, 0.3) is 0 Å². The number of hydrogen-bond acceptors (Lipinski definition) is 3. The van der Waals surface area contributed by atoms with Crippen molar-refractivity contribution in [3.05, 3.63) is 35.9 Å². The Balaban J connectivity index is 1.85. The molecule has 0 spiro atoms. The average molecular weight is 244 g/mol. The number of benzene rings is 1. The van der Waals surface area contributed by atoms with Crippen LogP contribution in [0.1, 0.15) is 18.9 Å². The van der Waals surface area contributed by atoms with Gasteiger partial charge in [-0.15, -0.1) is 0 Å². The van der Waals surface area contributed by atoms with Gasteiger partial charge in [-0.3, -0.25) is 0 Å². The second kappa shape index (κ2) is 5.09. The third-order valence-electron chi connectivity index (χ3n) is 3.21. The molecule has 1 aromatic rings. The lowest BCUT2D eigenvalue weighted by atomic mass is 9.92. The minimum atomic E-state index is -0.425. The lowest BCUT2D eigenvalue weighted by molar-refractivity contribution is 0.102.